The molecule has 3 nitrogen and oxygen atoms in total. The highest BCUT2D eigenvalue weighted by molar-refractivity contribution is 5.31. The summed E-state index contributed by atoms with van der Waals surface area (Å²) in [6.45, 7) is 6.81. The van der Waals surface area contributed by atoms with Gasteiger partial charge in [-0.1, -0.05) is 12.2 Å². The third kappa shape index (κ3) is 5.22. The smallest absolute Gasteiger partial charge is 0.0587 e. The van der Waals surface area contributed by atoms with E-state index in [0.717, 1.165) is 26.1 Å². The third-order valence-electron chi connectivity index (χ3n) is 2.67. The van der Waals surface area contributed by atoms with Crippen molar-refractivity contribution in [2.24, 2.45) is 0 Å². The molecule has 0 radical (unpaired) electrons. The molecule has 0 atom stereocenters. The molecule has 0 fully saturated rings. The average Bonchev–Trinajstić information content (AvgIpc) is 2.83. The molecule has 0 bridgehead atoms. The summed E-state index contributed by atoms with van der Waals surface area (Å²) in [5.41, 5.74) is 1.38. The summed E-state index contributed by atoms with van der Waals surface area (Å²) in [7, 11) is 1.72. The van der Waals surface area contributed by atoms with Crippen LogP contribution in [-0.2, 0) is 11.2 Å². The van der Waals surface area contributed by atoms with Crippen LogP contribution in [0.1, 0.15) is 19.4 Å². The van der Waals surface area contributed by atoms with E-state index in [-0.39, 0.29) is 0 Å². The number of H-pyrrole nitrogens is 1. The van der Waals surface area contributed by atoms with Crippen molar-refractivity contribution < 1.29 is 4.74 Å². The number of methoxy groups -OCH3 is 1. The first kappa shape index (κ1) is 16.5. The topological polar surface area (TPSA) is 37.0 Å². The molecule has 100 valence electrons. The summed E-state index contributed by atoms with van der Waals surface area (Å²) in [5.74, 6) is 0. The van der Waals surface area contributed by atoms with E-state index >= 15 is 0 Å². The molecule has 0 aliphatic carbocycles. The highest BCUT2D eigenvalue weighted by Crippen LogP contribution is 1.87. The summed E-state index contributed by atoms with van der Waals surface area (Å²) in [6.07, 6.45) is 15.4. The van der Waals surface area contributed by atoms with Gasteiger partial charge in [-0.15, -0.1) is 12.8 Å². The molecule has 2 N–H and O–H groups in total. The van der Waals surface area contributed by atoms with Gasteiger partial charge >= 0.3 is 0 Å². The molecule has 18 heavy (non-hydrogen) atoms. The van der Waals surface area contributed by atoms with E-state index in [1.54, 1.807) is 7.11 Å². The summed E-state index contributed by atoms with van der Waals surface area (Å²) < 4.78 is 4.98. The zero-order valence-corrected chi connectivity index (χ0v) is 11.6. The van der Waals surface area contributed by atoms with Gasteiger partial charge in [-0.25, -0.2) is 0 Å². The SMILES string of the molecule is C#C.C/C=c1/c(CCNCCOC)c[nH]/c1=C/C. The van der Waals surface area contributed by atoms with Crippen LogP contribution in [0, 0.1) is 12.8 Å². The standard InChI is InChI=1S/C13H22N2O.C2H2/c1-4-12-11(10-15-13(12)5-2)6-7-14-8-9-16-3;1-2/h4-5,10,14-15H,6-9H2,1-3H3;1-2H/b12-4-,13-5+;. The lowest BCUT2D eigenvalue weighted by Gasteiger charge is -2.02. The Morgan fingerprint density at radius 2 is 2.00 bits per heavy atom. The van der Waals surface area contributed by atoms with E-state index in [1.807, 2.05) is 0 Å². The summed E-state index contributed by atoms with van der Waals surface area (Å²) in [6, 6.07) is 0. The zero-order valence-electron chi connectivity index (χ0n) is 11.6. The second-order valence-corrected chi connectivity index (χ2v) is 3.71. The van der Waals surface area contributed by atoms with E-state index in [1.165, 1.54) is 16.1 Å². The lowest BCUT2D eigenvalue weighted by molar-refractivity contribution is 0.199. The quantitative estimate of drug-likeness (QED) is 0.573. The minimum atomic E-state index is 0.772. The monoisotopic (exact) mass is 248 g/mol. The van der Waals surface area contributed by atoms with Gasteiger partial charge in [0.1, 0.15) is 0 Å². The zero-order chi connectivity index (χ0) is 13.8. The van der Waals surface area contributed by atoms with Crippen LogP contribution in [0.5, 0.6) is 0 Å². The largest absolute Gasteiger partial charge is 0.383 e. The Morgan fingerprint density at radius 1 is 1.28 bits per heavy atom. The minimum absolute atomic E-state index is 0.772. The molecule has 0 aliphatic heterocycles. The van der Waals surface area contributed by atoms with Crippen molar-refractivity contribution >= 4 is 12.2 Å². The van der Waals surface area contributed by atoms with Crippen LogP contribution in [0.4, 0.5) is 0 Å². The molecule has 3 heteroatoms. The van der Waals surface area contributed by atoms with Gasteiger partial charge in [-0.3, -0.25) is 0 Å². The predicted octanol–water partition coefficient (Wildman–Crippen LogP) is 0.643. The molecule has 0 unspecified atom stereocenters. The first-order valence-corrected chi connectivity index (χ1v) is 6.15. The Morgan fingerprint density at radius 3 is 2.56 bits per heavy atom. The Bertz CT molecular complexity index is 443. The van der Waals surface area contributed by atoms with Crippen molar-refractivity contribution in [2.75, 3.05) is 26.8 Å². The van der Waals surface area contributed by atoms with Gasteiger partial charge < -0.3 is 15.0 Å². The molecule has 0 amide bonds. The molecule has 1 rings (SSSR count). The van der Waals surface area contributed by atoms with Crippen LogP contribution in [0.3, 0.4) is 0 Å². The van der Waals surface area contributed by atoms with Crippen molar-refractivity contribution in [1.29, 1.82) is 0 Å². The van der Waals surface area contributed by atoms with Crippen molar-refractivity contribution in [3.05, 3.63) is 22.3 Å². The lowest BCUT2D eigenvalue weighted by Crippen LogP contribution is -2.27. The van der Waals surface area contributed by atoms with Crippen LogP contribution in [0.2, 0.25) is 0 Å². The second kappa shape index (κ2) is 10.6. The molecule has 1 aromatic rings. The average molecular weight is 248 g/mol. The van der Waals surface area contributed by atoms with Crippen LogP contribution in [0.15, 0.2) is 6.20 Å². The minimum Gasteiger partial charge on any atom is -0.383 e. The molecule has 0 spiro atoms. The van der Waals surface area contributed by atoms with Gasteiger partial charge in [0.2, 0.25) is 0 Å². The lowest BCUT2D eigenvalue weighted by atomic mass is 10.2. The van der Waals surface area contributed by atoms with Gasteiger partial charge in [0.05, 0.1) is 6.61 Å². The maximum Gasteiger partial charge on any atom is 0.0587 e. The third-order valence-corrected chi connectivity index (χ3v) is 2.67. The number of aromatic amines is 1. The van der Waals surface area contributed by atoms with Crippen molar-refractivity contribution in [1.82, 2.24) is 10.3 Å². The van der Waals surface area contributed by atoms with Gasteiger partial charge in [0.25, 0.3) is 0 Å². The number of terminal acetylenes is 1. The molecule has 1 heterocycles. The van der Waals surface area contributed by atoms with E-state index in [0.29, 0.717) is 0 Å². The molecular formula is C15H24N2O. The fraction of sp³-hybridized carbons (Fsp3) is 0.467. The fourth-order valence-corrected chi connectivity index (χ4v) is 1.80. The van der Waals surface area contributed by atoms with Gasteiger partial charge in [0.15, 0.2) is 0 Å². The summed E-state index contributed by atoms with van der Waals surface area (Å²) >= 11 is 0. The van der Waals surface area contributed by atoms with Gasteiger partial charge in [-0.2, -0.15) is 0 Å². The van der Waals surface area contributed by atoms with Crippen molar-refractivity contribution in [3.63, 3.8) is 0 Å². The normalized spacial score (nSPS) is 12.3. The number of nitrogens with one attached hydrogen (secondary N) is 2. The van der Waals surface area contributed by atoms with Crippen molar-refractivity contribution in [3.8, 4) is 12.8 Å². The molecular weight excluding hydrogens is 224 g/mol. The number of hydrogen-bond donors (Lipinski definition) is 2. The van der Waals surface area contributed by atoms with Crippen molar-refractivity contribution in [2.45, 2.75) is 20.3 Å². The Labute approximate surface area is 110 Å². The summed E-state index contributed by atoms with van der Waals surface area (Å²) in [4.78, 5) is 3.29. The maximum absolute atomic E-state index is 4.98. The van der Waals surface area contributed by atoms with Crippen LogP contribution < -0.4 is 15.9 Å². The molecule has 1 aromatic heterocycles. The molecule has 0 aromatic carbocycles. The number of rotatable bonds is 6. The second-order valence-electron chi connectivity index (χ2n) is 3.71. The maximum atomic E-state index is 4.98. The highest BCUT2D eigenvalue weighted by atomic mass is 16.5. The predicted molar refractivity (Wildman–Crippen MR) is 78.7 cm³/mol. The Balaban J connectivity index is 0.00000137. The van der Waals surface area contributed by atoms with Crippen LogP contribution in [-0.4, -0.2) is 31.8 Å². The number of ether oxygens (including phenoxy) is 1. The number of hydrogen-bond acceptors (Lipinski definition) is 2. The molecule has 0 saturated carbocycles. The summed E-state index contributed by atoms with van der Waals surface area (Å²) in [5, 5.41) is 5.90. The van der Waals surface area contributed by atoms with E-state index in [9.17, 15) is 0 Å². The van der Waals surface area contributed by atoms with Gasteiger partial charge in [0, 0.05) is 25.2 Å². The van der Waals surface area contributed by atoms with Gasteiger partial charge in [-0.05, 0) is 37.6 Å². The first-order valence-electron chi connectivity index (χ1n) is 6.15. The highest BCUT2D eigenvalue weighted by Gasteiger charge is 1.97. The van der Waals surface area contributed by atoms with E-state index in [2.05, 4.69) is 55.3 Å². The molecule has 0 aliphatic rings. The fourth-order valence-electron chi connectivity index (χ4n) is 1.80. The van der Waals surface area contributed by atoms with E-state index < -0.39 is 0 Å². The van der Waals surface area contributed by atoms with Crippen LogP contribution >= 0.6 is 0 Å². The Kier molecular flexibility index (Phi) is 9.75. The number of aromatic nitrogens is 1. The molecule has 0 saturated heterocycles. The van der Waals surface area contributed by atoms with Crippen LogP contribution in [0.25, 0.3) is 12.2 Å². The Hall–Kier alpha value is -1.50. The first-order chi connectivity index (χ1) is 8.83. The van der Waals surface area contributed by atoms with E-state index in [4.69, 9.17) is 4.74 Å².